The monoisotopic (exact) mass is 808 g/mol. The highest BCUT2D eigenvalue weighted by atomic mass is 19.4. The van der Waals surface area contributed by atoms with E-state index in [1.807, 2.05) is 144 Å². The Labute approximate surface area is 353 Å². The molecule has 0 bridgehead atoms. The summed E-state index contributed by atoms with van der Waals surface area (Å²) in [7, 11) is 0. The number of halogens is 3. The summed E-state index contributed by atoms with van der Waals surface area (Å²) < 4.78 is 48.4. The number of fused-ring (bicyclic) bond motifs is 6. The topological polar surface area (TPSA) is 72.3 Å². The van der Waals surface area contributed by atoms with E-state index in [-0.39, 0.29) is 17.2 Å². The molecule has 0 unspecified atom stereocenters. The van der Waals surface area contributed by atoms with Gasteiger partial charge >= 0.3 is 6.18 Å². The number of rotatable bonds is 6. The molecular formula is C53H31F3N6. The van der Waals surface area contributed by atoms with E-state index in [1.165, 1.54) is 6.07 Å². The Kier molecular flexibility index (Phi) is 8.55. The molecule has 0 spiro atoms. The van der Waals surface area contributed by atoms with Crippen molar-refractivity contribution in [1.29, 1.82) is 5.26 Å². The van der Waals surface area contributed by atoms with Gasteiger partial charge in [0.15, 0.2) is 17.5 Å². The number of nitrogens with zero attached hydrogens (tertiary/aromatic N) is 6. The van der Waals surface area contributed by atoms with Crippen LogP contribution in [0.2, 0.25) is 0 Å². The number of hydrogen-bond acceptors (Lipinski definition) is 4. The van der Waals surface area contributed by atoms with Gasteiger partial charge in [0.05, 0.1) is 50.6 Å². The predicted octanol–water partition coefficient (Wildman–Crippen LogP) is 13.6. The average Bonchev–Trinajstić information content (AvgIpc) is 3.84. The molecule has 0 saturated heterocycles. The second-order valence-electron chi connectivity index (χ2n) is 15.0. The lowest BCUT2D eigenvalue weighted by molar-refractivity contribution is -0.137. The van der Waals surface area contributed by atoms with Crippen molar-refractivity contribution in [3.05, 3.63) is 199 Å². The first-order valence-electron chi connectivity index (χ1n) is 20.0. The van der Waals surface area contributed by atoms with Gasteiger partial charge in [-0.2, -0.15) is 18.4 Å². The molecule has 0 radical (unpaired) electrons. The molecule has 0 N–H and O–H groups in total. The van der Waals surface area contributed by atoms with Crippen LogP contribution in [0, 0.1) is 11.3 Å². The molecule has 0 fully saturated rings. The summed E-state index contributed by atoms with van der Waals surface area (Å²) >= 11 is 0. The molecule has 0 amide bonds. The maximum atomic E-state index is 14.8. The fourth-order valence-electron chi connectivity index (χ4n) is 8.69. The number of aromatic nitrogens is 5. The van der Waals surface area contributed by atoms with Gasteiger partial charge in [-0.3, -0.25) is 0 Å². The molecule has 0 aliphatic rings. The van der Waals surface area contributed by atoms with Crippen LogP contribution in [0.4, 0.5) is 13.2 Å². The number of alkyl halides is 3. The van der Waals surface area contributed by atoms with Gasteiger partial charge in [-0.1, -0.05) is 127 Å². The Hall–Kier alpha value is -8.35. The fraction of sp³-hybridized carbons (Fsp3) is 0.0189. The molecule has 11 rings (SSSR count). The van der Waals surface area contributed by atoms with Gasteiger partial charge in [-0.05, 0) is 71.8 Å². The van der Waals surface area contributed by atoms with Crippen molar-refractivity contribution in [2.75, 3.05) is 0 Å². The molecule has 8 aromatic carbocycles. The highest BCUT2D eigenvalue weighted by molar-refractivity contribution is 6.11. The summed E-state index contributed by atoms with van der Waals surface area (Å²) in [6.07, 6.45) is -4.65. The van der Waals surface area contributed by atoms with Crippen molar-refractivity contribution in [3.63, 3.8) is 0 Å². The molecule has 9 heteroatoms. The minimum Gasteiger partial charge on any atom is -0.309 e. The summed E-state index contributed by atoms with van der Waals surface area (Å²) in [6.45, 7) is 0. The fourth-order valence-corrected chi connectivity index (χ4v) is 8.69. The lowest BCUT2D eigenvalue weighted by Gasteiger charge is -2.18. The zero-order valence-electron chi connectivity index (χ0n) is 32.7. The third-order valence-corrected chi connectivity index (χ3v) is 11.5. The Morgan fingerprint density at radius 3 is 1.45 bits per heavy atom. The first-order valence-corrected chi connectivity index (χ1v) is 20.0. The summed E-state index contributed by atoms with van der Waals surface area (Å²) in [5.74, 6) is 0.628. The van der Waals surface area contributed by atoms with Gasteiger partial charge in [-0.15, -0.1) is 0 Å². The first kappa shape index (κ1) is 36.7. The third kappa shape index (κ3) is 6.00. The van der Waals surface area contributed by atoms with E-state index in [0.29, 0.717) is 28.2 Å². The van der Waals surface area contributed by atoms with Crippen LogP contribution in [-0.4, -0.2) is 24.1 Å². The van der Waals surface area contributed by atoms with E-state index in [9.17, 15) is 18.4 Å². The van der Waals surface area contributed by atoms with Crippen molar-refractivity contribution in [3.8, 4) is 62.7 Å². The van der Waals surface area contributed by atoms with Gasteiger partial charge < -0.3 is 9.13 Å². The second kappa shape index (κ2) is 14.4. The van der Waals surface area contributed by atoms with Gasteiger partial charge in [-0.25, -0.2) is 15.0 Å². The van der Waals surface area contributed by atoms with E-state index in [4.69, 9.17) is 15.0 Å². The second-order valence-corrected chi connectivity index (χ2v) is 15.0. The number of benzene rings is 8. The van der Waals surface area contributed by atoms with Crippen LogP contribution in [0.25, 0.3) is 100 Å². The van der Waals surface area contributed by atoms with Gasteiger partial charge in [0.2, 0.25) is 0 Å². The van der Waals surface area contributed by atoms with Crippen LogP contribution in [0.3, 0.4) is 0 Å². The van der Waals surface area contributed by atoms with E-state index >= 15 is 0 Å². The molecule has 3 heterocycles. The zero-order chi connectivity index (χ0) is 42.0. The third-order valence-electron chi connectivity index (χ3n) is 11.5. The minimum atomic E-state index is -4.65. The van der Waals surface area contributed by atoms with Crippen LogP contribution < -0.4 is 0 Å². The smallest absolute Gasteiger partial charge is 0.309 e. The average molecular weight is 809 g/mol. The molecule has 6 nitrogen and oxygen atoms in total. The maximum Gasteiger partial charge on any atom is 0.416 e. The Balaban J connectivity index is 1.24. The number of para-hydroxylation sites is 4. The van der Waals surface area contributed by atoms with Gasteiger partial charge in [0, 0.05) is 38.2 Å². The standard InChI is InChI=1S/C53H31F3N6/c54-53(55,56)36-27-29-48(61-44-22-10-6-18-38(44)39-19-7-11-23-45(39)61)43(31-36)52-59-50(33-14-2-1-3-15-33)58-51(60-52)42-28-26-34(37-17-5-4-16-35(37)32-57)30-49(42)62-46-24-12-8-20-40(46)41-21-9-13-25-47(41)62/h1-31H. The summed E-state index contributed by atoms with van der Waals surface area (Å²) in [6, 6.07) is 60.8. The SMILES string of the molecule is N#Cc1ccccc1-c1ccc(-c2nc(-c3ccccc3)nc(-c3cc(C(F)(F)F)ccc3-n3c4ccccc4c4ccccc43)n2)c(-n2c3ccccc3c3ccccc32)c1. The van der Waals surface area contributed by atoms with E-state index in [1.54, 1.807) is 6.07 Å². The van der Waals surface area contributed by atoms with Crippen molar-refractivity contribution < 1.29 is 13.2 Å². The van der Waals surface area contributed by atoms with E-state index < -0.39 is 11.7 Å². The van der Waals surface area contributed by atoms with Crippen molar-refractivity contribution in [2.24, 2.45) is 0 Å². The molecule has 0 aliphatic heterocycles. The largest absolute Gasteiger partial charge is 0.416 e. The van der Waals surface area contributed by atoms with E-state index in [2.05, 4.69) is 34.9 Å². The molecule has 0 aliphatic carbocycles. The predicted molar refractivity (Wildman–Crippen MR) is 240 cm³/mol. The highest BCUT2D eigenvalue weighted by Crippen LogP contribution is 2.42. The molecule has 11 aromatic rings. The van der Waals surface area contributed by atoms with Crippen molar-refractivity contribution in [2.45, 2.75) is 6.18 Å². The molecule has 0 saturated carbocycles. The summed E-state index contributed by atoms with van der Waals surface area (Å²) in [5, 5.41) is 14.2. The quantitative estimate of drug-likeness (QED) is 0.168. The molecular weight excluding hydrogens is 778 g/mol. The molecule has 0 atom stereocenters. The number of hydrogen-bond donors (Lipinski definition) is 0. The van der Waals surface area contributed by atoms with Crippen molar-refractivity contribution >= 4 is 43.6 Å². The molecule has 3 aromatic heterocycles. The Morgan fingerprint density at radius 1 is 0.403 bits per heavy atom. The summed E-state index contributed by atoms with van der Waals surface area (Å²) in [5.41, 5.74) is 7.44. The molecule has 294 valence electrons. The van der Waals surface area contributed by atoms with Gasteiger partial charge in [0.25, 0.3) is 0 Å². The highest BCUT2D eigenvalue weighted by Gasteiger charge is 2.32. The van der Waals surface area contributed by atoms with Gasteiger partial charge in [0.1, 0.15) is 0 Å². The molecule has 62 heavy (non-hydrogen) atoms. The van der Waals surface area contributed by atoms with Crippen LogP contribution in [0.1, 0.15) is 11.1 Å². The lowest BCUT2D eigenvalue weighted by atomic mass is 9.97. The Morgan fingerprint density at radius 2 is 0.887 bits per heavy atom. The lowest BCUT2D eigenvalue weighted by Crippen LogP contribution is -2.09. The van der Waals surface area contributed by atoms with Crippen LogP contribution in [0.15, 0.2) is 188 Å². The summed E-state index contributed by atoms with van der Waals surface area (Å²) in [4.78, 5) is 15.3. The minimum absolute atomic E-state index is 0.0730. The maximum absolute atomic E-state index is 14.8. The van der Waals surface area contributed by atoms with Crippen LogP contribution >= 0.6 is 0 Å². The van der Waals surface area contributed by atoms with Crippen LogP contribution in [-0.2, 0) is 6.18 Å². The number of nitriles is 1. The normalized spacial score (nSPS) is 11.8. The van der Waals surface area contributed by atoms with Crippen molar-refractivity contribution in [1.82, 2.24) is 24.1 Å². The zero-order valence-corrected chi connectivity index (χ0v) is 32.7. The van der Waals surface area contributed by atoms with E-state index in [0.717, 1.165) is 72.6 Å². The van der Waals surface area contributed by atoms with Crippen LogP contribution in [0.5, 0.6) is 0 Å². The Bertz CT molecular complexity index is 3490. The first-order chi connectivity index (χ1) is 30.4.